The second-order valence-electron chi connectivity index (χ2n) is 4.43. The minimum absolute atomic E-state index is 0.194. The molecule has 1 aliphatic carbocycles. The summed E-state index contributed by atoms with van der Waals surface area (Å²) in [5, 5.41) is 2.93. The Bertz CT molecular complexity index is 344. The fraction of sp³-hybridized carbons (Fsp3) is 0.500. The van der Waals surface area contributed by atoms with Crippen LogP contribution < -0.4 is 10.1 Å². The maximum Gasteiger partial charge on any atom is 0.223 e. The van der Waals surface area contributed by atoms with Crippen LogP contribution in [-0.2, 0) is 4.79 Å². The summed E-state index contributed by atoms with van der Waals surface area (Å²) in [5.74, 6) is 1.29. The number of hydrogen-bond acceptors (Lipinski definition) is 2. The van der Waals surface area contributed by atoms with Gasteiger partial charge in [0.15, 0.2) is 0 Å². The Balaban J connectivity index is 1.61. The Hall–Kier alpha value is -1.51. The number of para-hydroxylation sites is 1. The van der Waals surface area contributed by atoms with Crippen molar-refractivity contribution in [2.75, 3.05) is 13.2 Å². The summed E-state index contributed by atoms with van der Waals surface area (Å²) in [7, 11) is 0. The predicted octanol–water partition coefficient (Wildman–Crippen LogP) is 2.37. The molecule has 3 heteroatoms. The lowest BCUT2D eigenvalue weighted by atomic mass is 10.1. The molecule has 0 aromatic heterocycles. The summed E-state index contributed by atoms with van der Waals surface area (Å²) < 4.78 is 5.50. The van der Waals surface area contributed by atoms with E-state index in [1.54, 1.807) is 0 Å². The van der Waals surface area contributed by atoms with Crippen molar-refractivity contribution >= 4 is 5.91 Å². The van der Waals surface area contributed by atoms with Gasteiger partial charge >= 0.3 is 0 Å². The highest BCUT2D eigenvalue weighted by atomic mass is 16.5. The van der Waals surface area contributed by atoms with Gasteiger partial charge in [0.1, 0.15) is 12.4 Å². The molecule has 2 rings (SSSR count). The minimum Gasteiger partial charge on any atom is -0.492 e. The molecule has 1 amide bonds. The van der Waals surface area contributed by atoms with Gasteiger partial charge in [-0.25, -0.2) is 0 Å². The number of rotatable bonds is 5. The van der Waals surface area contributed by atoms with E-state index in [-0.39, 0.29) is 11.8 Å². The summed E-state index contributed by atoms with van der Waals surface area (Å²) in [6.07, 6.45) is 4.48. The van der Waals surface area contributed by atoms with Crippen LogP contribution in [0.1, 0.15) is 25.7 Å². The number of benzene rings is 1. The molecule has 0 unspecified atom stereocenters. The fourth-order valence-electron chi connectivity index (χ4n) is 2.19. The number of nitrogens with one attached hydrogen (secondary N) is 1. The van der Waals surface area contributed by atoms with Crippen molar-refractivity contribution in [2.45, 2.75) is 25.7 Å². The topological polar surface area (TPSA) is 38.3 Å². The zero-order valence-corrected chi connectivity index (χ0v) is 10.0. The quantitative estimate of drug-likeness (QED) is 0.793. The smallest absolute Gasteiger partial charge is 0.223 e. The molecule has 1 fully saturated rings. The van der Waals surface area contributed by atoms with Gasteiger partial charge < -0.3 is 10.1 Å². The number of amides is 1. The van der Waals surface area contributed by atoms with E-state index >= 15 is 0 Å². The third-order valence-corrected chi connectivity index (χ3v) is 3.14. The van der Waals surface area contributed by atoms with E-state index in [4.69, 9.17) is 4.74 Å². The fourth-order valence-corrected chi connectivity index (χ4v) is 2.19. The van der Waals surface area contributed by atoms with Crippen LogP contribution in [0.4, 0.5) is 0 Å². The van der Waals surface area contributed by atoms with Crippen molar-refractivity contribution in [3.8, 4) is 5.75 Å². The van der Waals surface area contributed by atoms with E-state index in [1.807, 2.05) is 30.3 Å². The molecule has 1 aromatic rings. The molecule has 0 bridgehead atoms. The van der Waals surface area contributed by atoms with E-state index < -0.39 is 0 Å². The Morgan fingerprint density at radius 1 is 1.24 bits per heavy atom. The third kappa shape index (κ3) is 3.77. The first-order valence-electron chi connectivity index (χ1n) is 6.32. The largest absolute Gasteiger partial charge is 0.492 e. The van der Waals surface area contributed by atoms with Crippen LogP contribution in [0.5, 0.6) is 5.75 Å². The summed E-state index contributed by atoms with van der Waals surface area (Å²) in [6.45, 7) is 1.12. The van der Waals surface area contributed by atoms with E-state index in [0.29, 0.717) is 13.2 Å². The number of carbonyl (C=O) groups is 1. The summed E-state index contributed by atoms with van der Waals surface area (Å²) in [6, 6.07) is 9.66. The van der Waals surface area contributed by atoms with E-state index in [1.165, 1.54) is 12.8 Å². The minimum atomic E-state index is 0.194. The average Bonchev–Trinajstić information content (AvgIpc) is 2.89. The first-order valence-corrected chi connectivity index (χ1v) is 6.32. The van der Waals surface area contributed by atoms with Crippen molar-refractivity contribution in [2.24, 2.45) is 5.92 Å². The summed E-state index contributed by atoms with van der Waals surface area (Å²) in [5.41, 5.74) is 0. The van der Waals surface area contributed by atoms with Gasteiger partial charge in [0.05, 0.1) is 6.54 Å². The normalized spacial score (nSPS) is 15.8. The summed E-state index contributed by atoms with van der Waals surface area (Å²) in [4.78, 5) is 11.7. The maximum atomic E-state index is 11.7. The van der Waals surface area contributed by atoms with Crippen molar-refractivity contribution in [1.82, 2.24) is 5.32 Å². The highest BCUT2D eigenvalue weighted by molar-refractivity contribution is 5.78. The lowest BCUT2D eigenvalue weighted by molar-refractivity contribution is -0.124. The first-order chi connectivity index (χ1) is 8.36. The Labute approximate surface area is 102 Å². The molecule has 0 radical (unpaired) electrons. The van der Waals surface area contributed by atoms with Crippen molar-refractivity contribution in [3.05, 3.63) is 30.3 Å². The lowest BCUT2D eigenvalue weighted by Crippen LogP contribution is -2.32. The first kappa shape index (κ1) is 12.0. The van der Waals surface area contributed by atoms with Crippen LogP contribution >= 0.6 is 0 Å². The van der Waals surface area contributed by atoms with Gasteiger partial charge in [0.2, 0.25) is 5.91 Å². The van der Waals surface area contributed by atoms with Crippen LogP contribution in [0.2, 0.25) is 0 Å². The standard InChI is InChI=1S/C14H19NO2/c16-14(12-6-4-5-7-12)15-10-11-17-13-8-2-1-3-9-13/h1-3,8-9,12H,4-7,10-11H2,(H,15,16). The van der Waals surface area contributed by atoms with Gasteiger partial charge in [-0.15, -0.1) is 0 Å². The van der Waals surface area contributed by atoms with Crippen molar-refractivity contribution in [1.29, 1.82) is 0 Å². The highest BCUT2D eigenvalue weighted by Gasteiger charge is 2.21. The SMILES string of the molecule is O=C(NCCOc1ccccc1)C1CCCC1. The molecular weight excluding hydrogens is 214 g/mol. The molecule has 1 aromatic carbocycles. The molecule has 1 aliphatic rings. The number of ether oxygens (including phenoxy) is 1. The average molecular weight is 233 g/mol. The zero-order valence-electron chi connectivity index (χ0n) is 10.0. The summed E-state index contributed by atoms with van der Waals surface area (Å²) >= 11 is 0. The van der Waals surface area contributed by atoms with Crippen LogP contribution in [-0.4, -0.2) is 19.1 Å². The number of carbonyl (C=O) groups excluding carboxylic acids is 1. The van der Waals surface area contributed by atoms with Crippen LogP contribution in [0.15, 0.2) is 30.3 Å². The molecule has 0 aliphatic heterocycles. The molecule has 0 heterocycles. The molecule has 92 valence electrons. The zero-order chi connectivity index (χ0) is 11.9. The monoisotopic (exact) mass is 233 g/mol. The predicted molar refractivity (Wildman–Crippen MR) is 66.9 cm³/mol. The molecule has 0 saturated heterocycles. The van der Waals surface area contributed by atoms with E-state index in [2.05, 4.69) is 5.32 Å². The van der Waals surface area contributed by atoms with E-state index in [0.717, 1.165) is 18.6 Å². The second kappa shape index (κ2) is 6.28. The Kier molecular flexibility index (Phi) is 4.42. The highest BCUT2D eigenvalue weighted by Crippen LogP contribution is 2.24. The van der Waals surface area contributed by atoms with Crippen molar-refractivity contribution < 1.29 is 9.53 Å². The van der Waals surface area contributed by atoms with Crippen LogP contribution in [0.3, 0.4) is 0 Å². The van der Waals surface area contributed by atoms with Gasteiger partial charge in [-0.1, -0.05) is 31.0 Å². The Morgan fingerprint density at radius 3 is 2.65 bits per heavy atom. The number of hydrogen-bond donors (Lipinski definition) is 1. The van der Waals surface area contributed by atoms with Crippen molar-refractivity contribution in [3.63, 3.8) is 0 Å². The molecule has 3 nitrogen and oxygen atoms in total. The molecule has 1 saturated carbocycles. The molecule has 17 heavy (non-hydrogen) atoms. The van der Waals surface area contributed by atoms with Gasteiger partial charge in [0, 0.05) is 5.92 Å². The Morgan fingerprint density at radius 2 is 1.94 bits per heavy atom. The van der Waals surface area contributed by atoms with Gasteiger partial charge in [-0.05, 0) is 25.0 Å². The lowest BCUT2D eigenvalue weighted by Gasteiger charge is -2.11. The van der Waals surface area contributed by atoms with Crippen LogP contribution in [0.25, 0.3) is 0 Å². The maximum absolute atomic E-state index is 11.7. The molecular formula is C14H19NO2. The third-order valence-electron chi connectivity index (χ3n) is 3.14. The van der Waals surface area contributed by atoms with Gasteiger partial charge in [-0.3, -0.25) is 4.79 Å². The molecule has 1 N–H and O–H groups in total. The van der Waals surface area contributed by atoms with E-state index in [9.17, 15) is 4.79 Å². The molecule has 0 atom stereocenters. The van der Waals surface area contributed by atoms with Gasteiger partial charge in [-0.2, -0.15) is 0 Å². The molecule has 0 spiro atoms. The van der Waals surface area contributed by atoms with Gasteiger partial charge in [0.25, 0.3) is 0 Å². The van der Waals surface area contributed by atoms with Crippen LogP contribution in [0, 0.1) is 5.92 Å². The second-order valence-corrected chi connectivity index (χ2v) is 4.43.